The zero-order valence-corrected chi connectivity index (χ0v) is 20.8. The molecule has 30 heavy (non-hydrogen) atoms. The van der Waals surface area contributed by atoms with Crippen molar-refractivity contribution in [3.8, 4) is 0 Å². The van der Waals surface area contributed by atoms with Gasteiger partial charge in [-0.05, 0) is 92.8 Å². The normalized spacial score (nSPS) is 40.5. The van der Waals surface area contributed by atoms with Gasteiger partial charge in [0.25, 0.3) is 0 Å². The van der Waals surface area contributed by atoms with Crippen LogP contribution in [0.2, 0.25) is 0 Å². The topological polar surface area (TPSA) is 20.2 Å². The van der Waals surface area contributed by atoms with Crippen molar-refractivity contribution in [2.24, 2.45) is 40.4 Å². The van der Waals surface area contributed by atoms with Crippen LogP contribution in [-0.2, 0) is 0 Å². The molecule has 0 amide bonds. The second kappa shape index (κ2) is 8.42. The smallest absolute Gasteiger partial charge is 0.0578 e. The van der Waals surface area contributed by atoms with Crippen LogP contribution in [-0.4, -0.2) is 11.2 Å². The molecule has 0 aromatic rings. The third-order valence-corrected chi connectivity index (χ3v) is 10.7. The van der Waals surface area contributed by atoms with Gasteiger partial charge in [0, 0.05) is 5.41 Å². The molecule has 170 valence electrons. The molecule has 1 nitrogen and oxygen atoms in total. The van der Waals surface area contributed by atoms with Crippen molar-refractivity contribution < 1.29 is 5.11 Å². The van der Waals surface area contributed by atoms with Crippen molar-refractivity contribution in [2.45, 2.75) is 118 Å². The maximum atomic E-state index is 10.2. The summed E-state index contributed by atoms with van der Waals surface area (Å²) in [5.41, 5.74) is 6.01. The van der Waals surface area contributed by atoms with Gasteiger partial charge in [-0.3, -0.25) is 0 Å². The zero-order valence-electron chi connectivity index (χ0n) is 20.8. The first-order chi connectivity index (χ1) is 14.2. The molecule has 0 aliphatic heterocycles. The zero-order chi connectivity index (χ0) is 21.7. The molecule has 2 fully saturated rings. The Bertz CT molecular complexity index is 699. The maximum Gasteiger partial charge on any atom is 0.0578 e. The van der Waals surface area contributed by atoms with Gasteiger partial charge in [-0.25, -0.2) is 0 Å². The van der Waals surface area contributed by atoms with E-state index in [4.69, 9.17) is 0 Å². The second-order valence-corrected chi connectivity index (χ2v) is 12.4. The number of allylic oxidation sites excluding steroid dienone is 3. The molecule has 4 aliphatic rings. The SMILES string of the molecule is CCC(CCC(C)C1CCC2C3=C(CC[C@@]21C)[C@@]1(C)CCC(O)CC1=CC3)C(C)C. The molecule has 4 rings (SSSR count). The minimum absolute atomic E-state index is 0.102. The van der Waals surface area contributed by atoms with Crippen LogP contribution >= 0.6 is 0 Å². The standard InChI is InChI=1S/C29H48O/c1-7-21(19(2)3)9-8-20(4)25-12-13-26-24-11-10-22-18-23(30)14-16-28(22,5)27(24)15-17-29(25,26)6/h10,19-21,23,25-26,30H,7-9,11-18H2,1-6H3/t20?,21?,23?,25?,26?,28-,29+/m0/s1. The third kappa shape index (κ3) is 3.66. The van der Waals surface area contributed by atoms with Crippen molar-refractivity contribution in [1.82, 2.24) is 0 Å². The predicted octanol–water partition coefficient (Wildman–Crippen LogP) is 8.09. The highest BCUT2D eigenvalue weighted by Gasteiger charge is 2.54. The lowest BCUT2D eigenvalue weighted by Gasteiger charge is -2.52. The summed E-state index contributed by atoms with van der Waals surface area (Å²) in [6.45, 7) is 15.0. The minimum Gasteiger partial charge on any atom is -0.393 e. The number of aliphatic hydroxyl groups is 1. The first-order valence-corrected chi connectivity index (χ1v) is 13.3. The van der Waals surface area contributed by atoms with E-state index in [0.717, 1.165) is 48.9 Å². The van der Waals surface area contributed by atoms with Crippen molar-refractivity contribution >= 4 is 0 Å². The van der Waals surface area contributed by atoms with Crippen LogP contribution in [0, 0.1) is 40.4 Å². The summed E-state index contributed by atoms with van der Waals surface area (Å²) in [6.07, 6.45) is 16.5. The number of fused-ring (bicyclic) bond motifs is 4. The van der Waals surface area contributed by atoms with Gasteiger partial charge in [-0.2, -0.15) is 0 Å². The van der Waals surface area contributed by atoms with Crippen LogP contribution < -0.4 is 0 Å². The maximum absolute atomic E-state index is 10.2. The molecule has 0 saturated heterocycles. The van der Waals surface area contributed by atoms with Crippen LogP contribution in [0.4, 0.5) is 0 Å². The summed E-state index contributed by atoms with van der Waals surface area (Å²) in [5, 5.41) is 10.2. The van der Waals surface area contributed by atoms with Crippen molar-refractivity contribution in [3.05, 3.63) is 22.8 Å². The fourth-order valence-electron chi connectivity index (χ4n) is 8.56. The molecule has 1 heteroatoms. The van der Waals surface area contributed by atoms with Crippen molar-refractivity contribution in [1.29, 1.82) is 0 Å². The number of hydrogen-bond donors (Lipinski definition) is 1. The molecule has 0 spiro atoms. The molecule has 0 heterocycles. The lowest BCUT2D eigenvalue weighted by Crippen LogP contribution is -2.42. The van der Waals surface area contributed by atoms with Gasteiger partial charge in [-0.1, -0.05) is 77.2 Å². The van der Waals surface area contributed by atoms with E-state index in [2.05, 4.69) is 47.6 Å². The average Bonchev–Trinajstić information content (AvgIpc) is 3.06. The van der Waals surface area contributed by atoms with E-state index in [1.807, 2.05) is 11.1 Å². The van der Waals surface area contributed by atoms with Crippen LogP contribution in [0.5, 0.6) is 0 Å². The molecular weight excluding hydrogens is 364 g/mol. The fourth-order valence-corrected chi connectivity index (χ4v) is 8.56. The van der Waals surface area contributed by atoms with Gasteiger partial charge in [0.1, 0.15) is 0 Å². The molecule has 0 aromatic heterocycles. The third-order valence-electron chi connectivity index (χ3n) is 10.7. The Balaban J connectivity index is 1.51. The van der Waals surface area contributed by atoms with Crippen LogP contribution in [0.3, 0.4) is 0 Å². The fraction of sp³-hybridized carbons (Fsp3) is 0.862. The van der Waals surface area contributed by atoms with Gasteiger partial charge in [-0.15, -0.1) is 0 Å². The van der Waals surface area contributed by atoms with E-state index in [1.165, 1.54) is 51.4 Å². The molecule has 5 unspecified atom stereocenters. The summed E-state index contributed by atoms with van der Waals surface area (Å²) in [6, 6.07) is 0. The van der Waals surface area contributed by atoms with E-state index in [-0.39, 0.29) is 11.5 Å². The predicted molar refractivity (Wildman–Crippen MR) is 128 cm³/mol. The summed E-state index contributed by atoms with van der Waals surface area (Å²) >= 11 is 0. The molecule has 4 aliphatic carbocycles. The highest BCUT2D eigenvalue weighted by atomic mass is 16.3. The van der Waals surface area contributed by atoms with E-state index < -0.39 is 0 Å². The number of rotatable bonds is 6. The summed E-state index contributed by atoms with van der Waals surface area (Å²) in [7, 11) is 0. The minimum atomic E-state index is -0.102. The monoisotopic (exact) mass is 412 g/mol. The second-order valence-electron chi connectivity index (χ2n) is 12.4. The van der Waals surface area contributed by atoms with Gasteiger partial charge >= 0.3 is 0 Å². The molecule has 1 N–H and O–H groups in total. The molecule has 0 bridgehead atoms. The van der Waals surface area contributed by atoms with Gasteiger partial charge in [0.05, 0.1) is 6.10 Å². The average molecular weight is 413 g/mol. The van der Waals surface area contributed by atoms with Crippen LogP contribution in [0.25, 0.3) is 0 Å². The summed E-state index contributed by atoms with van der Waals surface area (Å²) in [4.78, 5) is 0. The van der Waals surface area contributed by atoms with E-state index in [0.29, 0.717) is 5.41 Å². The van der Waals surface area contributed by atoms with E-state index in [1.54, 1.807) is 5.57 Å². The lowest BCUT2D eigenvalue weighted by molar-refractivity contribution is 0.0845. The molecule has 2 saturated carbocycles. The highest BCUT2D eigenvalue weighted by molar-refractivity contribution is 5.43. The summed E-state index contributed by atoms with van der Waals surface area (Å²) < 4.78 is 0. The Morgan fingerprint density at radius 3 is 2.53 bits per heavy atom. The van der Waals surface area contributed by atoms with Crippen LogP contribution in [0.15, 0.2) is 22.8 Å². The summed E-state index contributed by atoms with van der Waals surface area (Å²) in [5.74, 6) is 4.33. The van der Waals surface area contributed by atoms with Gasteiger partial charge in [0.2, 0.25) is 0 Å². The first-order valence-electron chi connectivity index (χ1n) is 13.3. The number of hydrogen-bond acceptors (Lipinski definition) is 1. The molecule has 7 atom stereocenters. The lowest BCUT2D eigenvalue weighted by atomic mass is 9.53. The number of aliphatic hydroxyl groups excluding tert-OH is 1. The largest absolute Gasteiger partial charge is 0.393 e. The highest BCUT2D eigenvalue weighted by Crippen LogP contribution is 2.65. The van der Waals surface area contributed by atoms with Crippen LogP contribution in [0.1, 0.15) is 112 Å². The Hall–Kier alpha value is -0.560. The van der Waals surface area contributed by atoms with E-state index >= 15 is 0 Å². The quantitative estimate of drug-likeness (QED) is 0.437. The van der Waals surface area contributed by atoms with Gasteiger partial charge in [0.15, 0.2) is 0 Å². The van der Waals surface area contributed by atoms with E-state index in [9.17, 15) is 5.11 Å². The van der Waals surface area contributed by atoms with Gasteiger partial charge < -0.3 is 5.11 Å². The Morgan fingerprint density at radius 2 is 1.83 bits per heavy atom. The Labute approximate surface area is 186 Å². The van der Waals surface area contributed by atoms with Crippen molar-refractivity contribution in [3.63, 3.8) is 0 Å². The van der Waals surface area contributed by atoms with Crippen molar-refractivity contribution in [2.75, 3.05) is 0 Å². The Kier molecular flexibility index (Phi) is 6.35. The molecule has 0 aromatic carbocycles. The molecular formula is C29H48O. The first kappa shape index (κ1) is 22.6. The Morgan fingerprint density at radius 1 is 1.07 bits per heavy atom. The molecule has 0 radical (unpaired) electrons.